The normalized spacial score (nSPS) is 12.7. The molecular weight excluding hydrogens is 188 g/mol. The summed E-state index contributed by atoms with van der Waals surface area (Å²) in [6.45, 7) is 3.92. The Bertz CT molecular complexity index is 306. The summed E-state index contributed by atoms with van der Waals surface area (Å²) in [6.07, 6.45) is 1.43. The van der Waals surface area contributed by atoms with Gasteiger partial charge in [0.05, 0.1) is 5.92 Å². The first-order valence-corrected chi connectivity index (χ1v) is 5.34. The fraction of sp³-hybridized carbons (Fsp3) is 0.385. The van der Waals surface area contributed by atoms with Crippen LogP contribution >= 0.6 is 0 Å². The van der Waals surface area contributed by atoms with Crippen LogP contribution in [-0.2, 0) is 4.79 Å². The lowest BCUT2D eigenvalue weighted by Gasteiger charge is -2.21. The molecule has 15 heavy (non-hydrogen) atoms. The van der Waals surface area contributed by atoms with Crippen LogP contribution in [0.3, 0.4) is 0 Å². The van der Waals surface area contributed by atoms with Crippen molar-refractivity contribution in [3.05, 3.63) is 41.8 Å². The first kappa shape index (κ1) is 11.8. The van der Waals surface area contributed by atoms with Crippen LogP contribution in [0, 0.1) is 5.92 Å². The van der Waals surface area contributed by atoms with Crippen LogP contribution < -0.4 is 0 Å². The first-order chi connectivity index (χ1) is 7.20. The van der Waals surface area contributed by atoms with Crippen LogP contribution in [0.15, 0.2) is 30.3 Å². The third-order valence-corrected chi connectivity index (χ3v) is 2.69. The molecule has 1 aromatic rings. The van der Waals surface area contributed by atoms with E-state index in [1.54, 1.807) is 0 Å². The number of benzene rings is 1. The summed E-state index contributed by atoms with van der Waals surface area (Å²) in [5.41, 5.74) is 1.10. The summed E-state index contributed by atoms with van der Waals surface area (Å²) >= 11 is 0. The van der Waals surface area contributed by atoms with E-state index < -0.39 is 5.97 Å². The van der Waals surface area contributed by atoms with E-state index >= 15 is 0 Å². The molecule has 1 rings (SSSR count). The van der Waals surface area contributed by atoms with Gasteiger partial charge in [-0.2, -0.15) is 0 Å². The Hall–Kier alpha value is -1.31. The maximum absolute atomic E-state index is 11.1. The van der Waals surface area contributed by atoms with Crippen LogP contribution in [0.25, 0.3) is 0 Å². The minimum Gasteiger partial charge on any atom is -0.481 e. The molecule has 0 heterocycles. The molecular formula is C13H17O2. The molecule has 1 radical (unpaired) electrons. The van der Waals surface area contributed by atoms with Gasteiger partial charge in [0.25, 0.3) is 0 Å². The van der Waals surface area contributed by atoms with E-state index in [0.29, 0.717) is 12.3 Å². The molecule has 1 aromatic carbocycles. The van der Waals surface area contributed by atoms with Crippen molar-refractivity contribution >= 4 is 5.97 Å². The second-order valence-electron chi connectivity index (χ2n) is 3.56. The van der Waals surface area contributed by atoms with Gasteiger partial charge >= 0.3 is 5.97 Å². The van der Waals surface area contributed by atoms with E-state index in [9.17, 15) is 4.79 Å². The summed E-state index contributed by atoms with van der Waals surface area (Å²) in [5, 5.41) is 9.10. The van der Waals surface area contributed by atoms with E-state index in [0.717, 1.165) is 12.0 Å². The van der Waals surface area contributed by atoms with Crippen molar-refractivity contribution in [2.75, 3.05) is 0 Å². The zero-order chi connectivity index (χ0) is 11.3. The second kappa shape index (κ2) is 5.54. The number of hydrogen-bond acceptors (Lipinski definition) is 1. The van der Waals surface area contributed by atoms with Gasteiger partial charge in [-0.15, -0.1) is 0 Å². The van der Waals surface area contributed by atoms with Gasteiger partial charge in [-0.1, -0.05) is 44.2 Å². The molecule has 0 saturated carbocycles. The summed E-state index contributed by atoms with van der Waals surface area (Å²) < 4.78 is 0. The highest BCUT2D eigenvalue weighted by Gasteiger charge is 2.26. The molecule has 0 fully saturated rings. The molecule has 0 spiro atoms. The number of rotatable bonds is 5. The highest BCUT2D eigenvalue weighted by Crippen LogP contribution is 2.31. The van der Waals surface area contributed by atoms with Crippen LogP contribution in [0.2, 0.25) is 0 Å². The van der Waals surface area contributed by atoms with Gasteiger partial charge < -0.3 is 5.11 Å². The molecule has 1 unspecified atom stereocenters. The van der Waals surface area contributed by atoms with E-state index in [-0.39, 0.29) is 5.92 Å². The smallest absolute Gasteiger partial charge is 0.311 e. The number of aliphatic carboxylic acids is 1. The largest absolute Gasteiger partial charge is 0.481 e. The monoisotopic (exact) mass is 205 g/mol. The maximum Gasteiger partial charge on any atom is 0.311 e. The molecule has 2 heteroatoms. The highest BCUT2D eigenvalue weighted by molar-refractivity contribution is 5.84. The Morgan fingerprint density at radius 2 is 1.87 bits per heavy atom. The number of carbonyl (C=O) groups is 1. The van der Waals surface area contributed by atoms with Crippen molar-refractivity contribution in [3.8, 4) is 0 Å². The Labute approximate surface area is 90.9 Å². The Balaban J connectivity index is 2.92. The van der Waals surface area contributed by atoms with Crippen LogP contribution in [0.5, 0.6) is 0 Å². The van der Waals surface area contributed by atoms with Crippen molar-refractivity contribution in [2.45, 2.75) is 32.6 Å². The fourth-order valence-electron chi connectivity index (χ4n) is 1.92. The summed E-state index contributed by atoms with van der Waals surface area (Å²) in [4.78, 5) is 11.1. The molecule has 2 nitrogen and oxygen atoms in total. The number of hydrogen-bond donors (Lipinski definition) is 1. The van der Waals surface area contributed by atoms with Crippen LogP contribution in [0.1, 0.15) is 38.2 Å². The molecule has 1 atom stereocenters. The van der Waals surface area contributed by atoms with Crippen molar-refractivity contribution in [1.29, 1.82) is 0 Å². The lowest BCUT2D eigenvalue weighted by Crippen LogP contribution is -2.18. The van der Waals surface area contributed by atoms with Gasteiger partial charge in [-0.05, 0) is 18.4 Å². The fourth-order valence-corrected chi connectivity index (χ4v) is 1.92. The predicted molar refractivity (Wildman–Crippen MR) is 60.6 cm³/mol. The Morgan fingerprint density at radius 3 is 2.27 bits per heavy atom. The van der Waals surface area contributed by atoms with E-state index in [1.807, 2.05) is 44.2 Å². The van der Waals surface area contributed by atoms with Gasteiger partial charge in [0.15, 0.2) is 0 Å². The molecule has 0 saturated heterocycles. The third-order valence-electron chi connectivity index (χ3n) is 2.69. The molecule has 81 valence electrons. The number of carboxylic acids is 1. The minimum absolute atomic E-state index is 0.0497. The lowest BCUT2D eigenvalue weighted by atomic mass is 9.82. The summed E-state index contributed by atoms with van der Waals surface area (Å²) in [6, 6.07) is 9.84. The molecule has 0 aliphatic carbocycles. The Kier molecular flexibility index (Phi) is 4.35. The third kappa shape index (κ3) is 2.82. The SMILES string of the molecule is CC[C](C(=O)O)C(CC)c1ccccc1. The van der Waals surface area contributed by atoms with Crippen molar-refractivity contribution in [1.82, 2.24) is 0 Å². The zero-order valence-corrected chi connectivity index (χ0v) is 9.23. The van der Waals surface area contributed by atoms with Crippen molar-refractivity contribution < 1.29 is 9.90 Å². The summed E-state index contributed by atoms with van der Waals surface area (Å²) in [5.74, 6) is -0.120. The van der Waals surface area contributed by atoms with Crippen molar-refractivity contribution in [3.63, 3.8) is 0 Å². The van der Waals surface area contributed by atoms with E-state index in [2.05, 4.69) is 0 Å². The average molecular weight is 205 g/mol. The molecule has 0 amide bonds. The highest BCUT2D eigenvalue weighted by atomic mass is 16.4. The molecule has 1 N–H and O–H groups in total. The molecule has 0 bridgehead atoms. The van der Waals surface area contributed by atoms with Crippen molar-refractivity contribution in [2.24, 2.45) is 0 Å². The zero-order valence-electron chi connectivity index (χ0n) is 9.23. The first-order valence-electron chi connectivity index (χ1n) is 5.34. The van der Waals surface area contributed by atoms with Gasteiger partial charge in [0.2, 0.25) is 0 Å². The lowest BCUT2D eigenvalue weighted by molar-refractivity contribution is -0.135. The molecule has 0 aliphatic heterocycles. The topological polar surface area (TPSA) is 37.3 Å². The van der Waals surface area contributed by atoms with Gasteiger partial charge in [0.1, 0.15) is 0 Å². The Morgan fingerprint density at radius 1 is 1.27 bits per heavy atom. The molecule has 0 aromatic heterocycles. The van der Waals surface area contributed by atoms with E-state index in [4.69, 9.17) is 5.11 Å². The minimum atomic E-state index is -0.770. The maximum atomic E-state index is 11.1. The van der Waals surface area contributed by atoms with Gasteiger partial charge in [0, 0.05) is 5.92 Å². The standard InChI is InChI=1S/C13H17O2/c1-3-11(12(4-2)13(14)15)10-8-6-5-7-9-10/h5-9,11H,3-4H2,1-2H3,(H,14,15). The van der Waals surface area contributed by atoms with Gasteiger partial charge in [-0.25, -0.2) is 0 Å². The van der Waals surface area contributed by atoms with Crippen LogP contribution in [0.4, 0.5) is 0 Å². The van der Waals surface area contributed by atoms with Gasteiger partial charge in [-0.3, -0.25) is 4.79 Å². The van der Waals surface area contributed by atoms with Crippen LogP contribution in [-0.4, -0.2) is 11.1 Å². The second-order valence-corrected chi connectivity index (χ2v) is 3.56. The average Bonchev–Trinajstić information content (AvgIpc) is 2.26. The summed E-state index contributed by atoms with van der Waals surface area (Å²) in [7, 11) is 0. The number of carboxylic acid groups (broad SMARTS) is 1. The molecule has 0 aliphatic rings. The predicted octanol–water partition coefficient (Wildman–Crippen LogP) is 3.25. The quantitative estimate of drug-likeness (QED) is 0.801. The van der Waals surface area contributed by atoms with E-state index in [1.165, 1.54) is 0 Å².